The molecule has 6 nitrogen and oxygen atoms in total. The van der Waals surface area contributed by atoms with Crippen LogP contribution in [0.3, 0.4) is 0 Å². The molecule has 0 amide bonds. The minimum absolute atomic E-state index is 0.0700. The number of pyridine rings is 1. The molecule has 0 bridgehead atoms. The third-order valence-corrected chi connectivity index (χ3v) is 5.01. The van der Waals surface area contributed by atoms with E-state index in [2.05, 4.69) is 9.71 Å². The van der Waals surface area contributed by atoms with Crippen LogP contribution in [-0.4, -0.2) is 24.5 Å². The molecule has 3 rings (SSSR count). The number of carboxylic acid groups (broad SMARTS) is 1. The maximum Gasteiger partial charge on any atom is 0.335 e. The Bertz CT molecular complexity index is 1040. The van der Waals surface area contributed by atoms with E-state index in [1.807, 2.05) is 0 Å². The number of aromatic carboxylic acids is 1. The zero-order chi connectivity index (χ0) is 17.3. The van der Waals surface area contributed by atoms with Crippen LogP contribution in [0.5, 0.6) is 0 Å². The van der Waals surface area contributed by atoms with Crippen LogP contribution in [-0.2, 0) is 10.0 Å². The Morgan fingerprint density at radius 2 is 1.88 bits per heavy atom. The Labute approximate surface area is 138 Å². The number of hydrogen-bond acceptors (Lipinski definition) is 4. The zero-order valence-electron chi connectivity index (χ0n) is 12.7. The van der Waals surface area contributed by atoms with Crippen molar-refractivity contribution >= 4 is 32.6 Å². The number of anilines is 1. The molecule has 24 heavy (non-hydrogen) atoms. The fourth-order valence-electron chi connectivity index (χ4n) is 2.47. The van der Waals surface area contributed by atoms with Gasteiger partial charge in [-0.2, -0.15) is 0 Å². The van der Waals surface area contributed by atoms with Crippen LogP contribution in [0.25, 0.3) is 10.9 Å². The Hall–Kier alpha value is -2.93. The van der Waals surface area contributed by atoms with Crippen molar-refractivity contribution in [3.63, 3.8) is 0 Å². The van der Waals surface area contributed by atoms with E-state index >= 15 is 0 Å². The highest BCUT2D eigenvalue weighted by Gasteiger charge is 2.19. The fourth-order valence-corrected chi connectivity index (χ4v) is 3.70. The molecule has 3 aromatic rings. The van der Waals surface area contributed by atoms with E-state index in [0.717, 1.165) is 5.39 Å². The molecule has 7 heteroatoms. The van der Waals surface area contributed by atoms with Gasteiger partial charge in [-0.15, -0.1) is 0 Å². The summed E-state index contributed by atoms with van der Waals surface area (Å²) in [6.07, 6.45) is 1.53. The van der Waals surface area contributed by atoms with Crippen molar-refractivity contribution in [2.75, 3.05) is 4.72 Å². The molecule has 122 valence electrons. The van der Waals surface area contributed by atoms with Gasteiger partial charge in [0.25, 0.3) is 10.0 Å². The maximum atomic E-state index is 12.7. The average molecular weight is 342 g/mol. The van der Waals surface area contributed by atoms with Crippen LogP contribution in [0.15, 0.2) is 59.6 Å². The molecule has 0 spiro atoms. The predicted molar refractivity (Wildman–Crippen MR) is 90.7 cm³/mol. The predicted octanol–water partition coefficient (Wildman–Crippen LogP) is 3.04. The summed E-state index contributed by atoms with van der Waals surface area (Å²) < 4.78 is 27.8. The van der Waals surface area contributed by atoms with Crippen molar-refractivity contribution in [2.45, 2.75) is 11.8 Å². The summed E-state index contributed by atoms with van der Waals surface area (Å²) in [7, 11) is -3.85. The van der Waals surface area contributed by atoms with Crippen molar-refractivity contribution in [2.24, 2.45) is 0 Å². The van der Waals surface area contributed by atoms with Crippen LogP contribution in [0.2, 0.25) is 0 Å². The molecule has 0 saturated heterocycles. The summed E-state index contributed by atoms with van der Waals surface area (Å²) in [6, 6.07) is 12.7. The minimum Gasteiger partial charge on any atom is -0.478 e. The fraction of sp³-hybridized carbons (Fsp3) is 0.0588. The lowest BCUT2D eigenvalue weighted by molar-refractivity contribution is 0.0696. The number of carbonyl (C=O) groups is 1. The summed E-state index contributed by atoms with van der Waals surface area (Å²) in [5.74, 6) is -1.06. The highest BCUT2D eigenvalue weighted by molar-refractivity contribution is 7.93. The Morgan fingerprint density at radius 3 is 2.58 bits per heavy atom. The highest BCUT2D eigenvalue weighted by Crippen LogP contribution is 2.24. The molecule has 0 atom stereocenters. The van der Waals surface area contributed by atoms with E-state index in [1.54, 1.807) is 31.2 Å². The first-order valence-corrected chi connectivity index (χ1v) is 8.57. The number of nitrogens with zero attached hydrogens (tertiary/aromatic N) is 1. The maximum absolute atomic E-state index is 12.7. The van der Waals surface area contributed by atoms with Gasteiger partial charge < -0.3 is 5.11 Å². The molecule has 0 unspecified atom stereocenters. The second kappa shape index (κ2) is 5.93. The largest absolute Gasteiger partial charge is 0.478 e. The normalized spacial score (nSPS) is 11.4. The van der Waals surface area contributed by atoms with Gasteiger partial charge in [0.1, 0.15) is 4.90 Å². The van der Waals surface area contributed by atoms with Gasteiger partial charge in [0, 0.05) is 17.3 Å². The quantitative estimate of drug-likeness (QED) is 0.759. The second-order valence-electron chi connectivity index (χ2n) is 5.27. The summed E-state index contributed by atoms with van der Waals surface area (Å²) in [6.45, 7) is 1.61. The van der Waals surface area contributed by atoms with Gasteiger partial charge in [0.05, 0.1) is 11.1 Å². The van der Waals surface area contributed by atoms with E-state index in [-0.39, 0.29) is 10.5 Å². The standard InChI is InChI=1S/C17H14N2O4S/c1-11-10-13(7-8-14(11)17(20)21)19-24(22,23)15-6-2-4-12-5-3-9-18-16(12)15/h2-10,19H,1H3,(H,20,21). The molecule has 0 fully saturated rings. The van der Waals surface area contributed by atoms with E-state index < -0.39 is 16.0 Å². The van der Waals surface area contributed by atoms with Crippen LogP contribution in [0, 0.1) is 6.92 Å². The lowest BCUT2D eigenvalue weighted by Crippen LogP contribution is -2.14. The minimum atomic E-state index is -3.85. The molecule has 0 radical (unpaired) electrons. The first kappa shape index (κ1) is 15.9. The topological polar surface area (TPSA) is 96.4 Å². The Balaban J connectivity index is 2.02. The molecule has 1 heterocycles. The number of para-hydroxylation sites is 1. The summed E-state index contributed by atoms with van der Waals surface area (Å²) >= 11 is 0. The first-order chi connectivity index (χ1) is 11.4. The van der Waals surface area contributed by atoms with Crippen LogP contribution in [0.4, 0.5) is 5.69 Å². The molecular formula is C17H14N2O4S. The van der Waals surface area contributed by atoms with Crippen LogP contribution < -0.4 is 4.72 Å². The molecule has 0 aliphatic carbocycles. The van der Waals surface area contributed by atoms with Gasteiger partial charge in [-0.1, -0.05) is 18.2 Å². The molecule has 2 N–H and O–H groups in total. The number of sulfonamides is 1. The number of benzene rings is 2. The van der Waals surface area contributed by atoms with Gasteiger partial charge in [-0.25, -0.2) is 13.2 Å². The van der Waals surface area contributed by atoms with E-state index in [0.29, 0.717) is 16.8 Å². The number of rotatable bonds is 4. The number of carboxylic acids is 1. The summed E-state index contributed by atoms with van der Waals surface area (Å²) in [4.78, 5) is 15.3. The van der Waals surface area contributed by atoms with Crippen molar-refractivity contribution in [1.29, 1.82) is 0 Å². The molecule has 1 aromatic heterocycles. The van der Waals surface area contributed by atoms with Crippen molar-refractivity contribution in [3.8, 4) is 0 Å². The average Bonchev–Trinajstić information content (AvgIpc) is 2.53. The molecule has 2 aromatic carbocycles. The monoisotopic (exact) mass is 342 g/mol. The van der Waals surface area contributed by atoms with Gasteiger partial charge >= 0.3 is 5.97 Å². The van der Waals surface area contributed by atoms with E-state index in [4.69, 9.17) is 5.11 Å². The number of aromatic nitrogens is 1. The number of nitrogens with one attached hydrogen (secondary N) is 1. The third-order valence-electron chi connectivity index (χ3n) is 3.59. The van der Waals surface area contributed by atoms with E-state index in [9.17, 15) is 13.2 Å². The smallest absolute Gasteiger partial charge is 0.335 e. The molecule has 0 aliphatic rings. The number of fused-ring (bicyclic) bond motifs is 1. The number of aryl methyl sites for hydroxylation is 1. The number of hydrogen-bond donors (Lipinski definition) is 2. The van der Waals surface area contributed by atoms with Gasteiger partial charge in [-0.05, 0) is 42.8 Å². The molecular weight excluding hydrogens is 328 g/mol. The molecule has 0 aliphatic heterocycles. The zero-order valence-corrected chi connectivity index (χ0v) is 13.5. The van der Waals surface area contributed by atoms with Gasteiger partial charge in [-0.3, -0.25) is 9.71 Å². The Morgan fingerprint density at radius 1 is 1.12 bits per heavy atom. The van der Waals surface area contributed by atoms with Gasteiger partial charge in [0.2, 0.25) is 0 Å². The summed E-state index contributed by atoms with van der Waals surface area (Å²) in [5.41, 5.74) is 1.28. The van der Waals surface area contributed by atoms with Gasteiger partial charge in [0.15, 0.2) is 0 Å². The van der Waals surface area contributed by atoms with Crippen molar-refractivity contribution in [3.05, 3.63) is 65.9 Å². The van der Waals surface area contributed by atoms with Crippen LogP contribution >= 0.6 is 0 Å². The van der Waals surface area contributed by atoms with Crippen molar-refractivity contribution in [1.82, 2.24) is 4.98 Å². The third kappa shape index (κ3) is 2.93. The SMILES string of the molecule is Cc1cc(NS(=O)(=O)c2cccc3cccnc23)ccc1C(=O)O. The van der Waals surface area contributed by atoms with Crippen LogP contribution in [0.1, 0.15) is 15.9 Å². The lowest BCUT2D eigenvalue weighted by Gasteiger charge is -2.11. The first-order valence-electron chi connectivity index (χ1n) is 7.09. The summed E-state index contributed by atoms with van der Waals surface area (Å²) in [5, 5.41) is 9.76. The Kier molecular flexibility index (Phi) is 3.94. The lowest BCUT2D eigenvalue weighted by atomic mass is 10.1. The highest BCUT2D eigenvalue weighted by atomic mass is 32.2. The van der Waals surface area contributed by atoms with Crippen molar-refractivity contribution < 1.29 is 18.3 Å². The van der Waals surface area contributed by atoms with E-state index in [1.165, 1.54) is 30.5 Å². The second-order valence-corrected chi connectivity index (χ2v) is 6.92. The molecule has 0 saturated carbocycles.